The SMILES string of the molecule is CS(=O)(=O)c1cccc(NC(=O)Cn2c(=O)ccn(Cc3ccccc3)c2=O)c1. The number of anilines is 1. The highest BCUT2D eigenvalue weighted by Crippen LogP contribution is 2.15. The largest absolute Gasteiger partial charge is 0.331 e. The van der Waals surface area contributed by atoms with E-state index in [2.05, 4.69) is 5.32 Å². The van der Waals surface area contributed by atoms with Gasteiger partial charge in [-0.15, -0.1) is 0 Å². The zero-order valence-corrected chi connectivity index (χ0v) is 16.4. The predicted octanol–water partition coefficient (Wildman–Crippen LogP) is 1.10. The molecule has 0 radical (unpaired) electrons. The highest BCUT2D eigenvalue weighted by atomic mass is 32.2. The molecule has 29 heavy (non-hydrogen) atoms. The first kappa shape index (κ1) is 20.3. The average molecular weight is 413 g/mol. The van der Waals surface area contributed by atoms with Crippen molar-refractivity contribution >= 4 is 21.4 Å². The minimum Gasteiger partial charge on any atom is -0.324 e. The molecule has 0 saturated carbocycles. The number of aromatic nitrogens is 2. The quantitative estimate of drug-likeness (QED) is 0.651. The van der Waals surface area contributed by atoms with Crippen molar-refractivity contribution in [3.63, 3.8) is 0 Å². The Morgan fingerprint density at radius 2 is 1.72 bits per heavy atom. The molecule has 0 aliphatic heterocycles. The summed E-state index contributed by atoms with van der Waals surface area (Å²) in [4.78, 5) is 37.1. The number of carbonyl (C=O) groups excluding carboxylic acids is 1. The van der Waals surface area contributed by atoms with Crippen molar-refractivity contribution in [3.8, 4) is 0 Å². The molecule has 1 aromatic heterocycles. The number of carbonyl (C=O) groups is 1. The topological polar surface area (TPSA) is 107 Å². The average Bonchev–Trinajstić information content (AvgIpc) is 2.68. The maximum atomic E-state index is 12.6. The Morgan fingerprint density at radius 3 is 2.41 bits per heavy atom. The van der Waals surface area contributed by atoms with Crippen LogP contribution >= 0.6 is 0 Å². The van der Waals surface area contributed by atoms with Gasteiger partial charge >= 0.3 is 5.69 Å². The van der Waals surface area contributed by atoms with Crippen LogP contribution in [0.1, 0.15) is 5.56 Å². The number of hydrogen-bond acceptors (Lipinski definition) is 5. The third-order valence-electron chi connectivity index (χ3n) is 4.18. The smallest absolute Gasteiger partial charge is 0.324 e. The van der Waals surface area contributed by atoms with Crippen molar-refractivity contribution < 1.29 is 13.2 Å². The summed E-state index contributed by atoms with van der Waals surface area (Å²) in [6.45, 7) is -0.228. The second-order valence-electron chi connectivity index (χ2n) is 6.48. The number of amides is 1. The summed E-state index contributed by atoms with van der Waals surface area (Å²) in [5.74, 6) is -0.618. The van der Waals surface area contributed by atoms with Gasteiger partial charge in [-0.1, -0.05) is 36.4 Å². The van der Waals surface area contributed by atoms with Gasteiger partial charge in [-0.2, -0.15) is 0 Å². The van der Waals surface area contributed by atoms with Gasteiger partial charge in [0.1, 0.15) is 6.54 Å². The van der Waals surface area contributed by atoms with E-state index in [0.717, 1.165) is 16.4 Å². The van der Waals surface area contributed by atoms with Crippen LogP contribution in [0.2, 0.25) is 0 Å². The highest BCUT2D eigenvalue weighted by Gasteiger charge is 2.12. The molecule has 1 heterocycles. The van der Waals surface area contributed by atoms with Crippen LogP contribution in [0.15, 0.2) is 81.3 Å². The Hall–Kier alpha value is -3.46. The van der Waals surface area contributed by atoms with Gasteiger partial charge in [-0.25, -0.2) is 13.2 Å². The fourth-order valence-corrected chi connectivity index (χ4v) is 3.42. The molecule has 0 bridgehead atoms. The summed E-state index contributed by atoms with van der Waals surface area (Å²) in [5, 5.41) is 2.52. The van der Waals surface area contributed by atoms with E-state index >= 15 is 0 Å². The lowest BCUT2D eigenvalue weighted by atomic mass is 10.2. The lowest BCUT2D eigenvalue weighted by Gasteiger charge is -2.11. The third-order valence-corrected chi connectivity index (χ3v) is 5.29. The molecule has 0 aliphatic carbocycles. The zero-order valence-electron chi connectivity index (χ0n) is 15.6. The molecular weight excluding hydrogens is 394 g/mol. The standard InChI is InChI=1S/C20H19N3O5S/c1-29(27,28)17-9-5-8-16(12-17)21-18(24)14-23-19(25)10-11-22(20(23)26)13-15-6-3-2-4-7-15/h2-12H,13-14H2,1H3,(H,21,24). The van der Waals surface area contributed by atoms with Crippen molar-refractivity contribution in [1.82, 2.24) is 9.13 Å². The lowest BCUT2D eigenvalue weighted by Crippen LogP contribution is -2.41. The Bertz CT molecular complexity index is 1260. The summed E-state index contributed by atoms with van der Waals surface area (Å²) in [6, 6.07) is 16.2. The number of hydrogen-bond donors (Lipinski definition) is 1. The van der Waals surface area contributed by atoms with Crippen molar-refractivity contribution in [1.29, 1.82) is 0 Å². The van der Waals surface area contributed by atoms with Gasteiger partial charge in [-0.05, 0) is 23.8 Å². The molecule has 1 N–H and O–H groups in total. The van der Waals surface area contributed by atoms with E-state index in [-0.39, 0.29) is 17.1 Å². The zero-order chi connectivity index (χ0) is 21.0. The first-order chi connectivity index (χ1) is 13.7. The summed E-state index contributed by atoms with van der Waals surface area (Å²) in [7, 11) is -3.43. The summed E-state index contributed by atoms with van der Waals surface area (Å²) >= 11 is 0. The van der Waals surface area contributed by atoms with E-state index < -0.39 is 33.5 Å². The molecule has 0 fully saturated rings. The van der Waals surface area contributed by atoms with Crippen molar-refractivity contribution in [3.05, 3.63) is 93.3 Å². The Kier molecular flexibility index (Phi) is 5.79. The molecular formula is C20H19N3O5S. The van der Waals surface area contributed by atoms with E-state index in [1.165, 1.54) is 41.1 Å². The lowest BCUT2D eigenvalue weighted by molar-refractivity contribution is -0.116. The Labute approximate surface area is 167 Å². The molecule has 9 heteroatoms. The van der Waals surface area contributed by atoms with Gasteiger partial charge in [0.15, 0.2) is 9.84 Å². The number of benzene rings is 2. The summed E-state index contributed by atoms with van der Waals surface area (Å²) < 4.78 is 25.4. The molecule has 0 aliphatic rings. The number of rotatable bonds is 6. The molecule has 0 atom stereocenters. The van der Waals surface area contributed by atoms with Crippen LogP contribution in [0.3, 0.4) is 0 Å². The summed E-state index contributed by atoms with van der Waals surface area (Å²) in [6.07, 6.45) is 2.45. The molecule has 2 aromatic carbocycles. The monoisotopic (exact) mass is 413 g/mol. The van der Waals surface area contributed by atoms with E-state index in [1.807, 2.05) is 30.3 Å². The first-order valence-corrected chi connectivity index (χ1v) is 10.6. The number of nitrogens with one attached hydrogen (secondary N) is 1. The molecule has 3 rings (SSSR count). The van der Waals surface area contributed by atoms with Crippen LogP contribution in [-0.2, 0) is 27.7 Å². The second-order valence-corrected chi connectivity index (χ2v) is 8.50. The second kappa shape index (κ2) is 8.27. The van der Waals surface area contributed by atoms with Gasteiger partial charge in [0.2, 0.25) is 5.91 Å². The normalized spacial score (nSPS) is 11.2. The van der Waals surface area contributed by atoms with Crippen LogP contribution in [-0.4, -0.2) is 29.7 Å². The van der Waals surface area contributed by atoms with E-state index in [4.69, 9.17) is 0 Å². The maximum absolute atomic E-state index is 12.6. The number of sulfone groups is 1. The highest BCUT2D eigenvalue weighted by molar-refractivity contribution is 7.90. The third kappa shape index (κ3) is 5.08. The van der Waals surface area contributed by atoms with E-state index in [0.29, 0.717) is 0 Å². The molecule has 0 spiro atoms. The van der Waals surface area contributed by atoms with Gasteiger partial charge in [0, 0.05) is 24.2 Å². The van der Waals surface area contributed by atoms with E-state index in [9.17, 15) is 22.8 Å². The van der Waals surface area contributed by atoms with Crippen molar-refractivity contribution in [2.45, 2.75) is 18.0 Å². The van der Waals surface area contributed by atoms with Gasteiger partial charge in [0.25, 0.3) is 5.56 Å². The van der Waals surface area contributed by atoms with Crippen LogP contribution in [0.25, 0.3) is 0 Å². The predicted molar refractivity (Wildman–Crippen MR) is 109 cm³/mol. The minimum absolute atomic E-state index is 0.0531. The Balaban J connectivity index is 1.81. The fourth-order valence-electron chi connectivity index (χ4n) is 2.75. The molecule has 0 saturated heterocycles. The van der Waals surface area contributed by atoms with Crippen molar-refractivity contribution in [2.24, 2.45) is 0 Å². The molecule has 8 nitrogen and oxygen atoms in total. The number of nitrogens with zero attached hydrogens (tertiary/aromatic N) is 2. The molecule has 1 amide bonds. The van der Waals surface area contributed by atoms with Crippen LogP contribution in [0.5, 0.6) is 0 Å². The van der Waals surface area contributed by atoms with Gasteiger partial charge in [0.05, 0.1) is 11.4 Å². The maximum Gasteiger partial charge on any atom is 0.331 e. The van der Waals surface area contributed by atoms with Crippen molar-refractivity contribution in [2.75, 3.05) is 11.6 Å². The van der Waals surface area contributed by atoms with Crippen LogP contribution in [0.4, 0.5) is 5.69 Å². The fraction of sp³-hybridized carbons (Fsp3) is 0.150. The Morgan fingerprint density at radius 1 is 1.00 bits per heavy atom. The minimum atomic E-state index is -3.43. The van der Waals surface area contributed by atoms with Crippen LogP contribution in [0, 0.1) is 0 Å². The van der Waals surface area contributed by atoms with Gasteiger partial charge < -0.3 is 5.32 Å². The summed E-state index contributed by atoms with van der Waals surface area (Å²) in [5.41, 5.74) is -0.0749. The molecule has 0 unspecified atom stereocenters. The first-order valence-electron chi connectivity index (χ1n) is 8.68. The van der Waals surface area contributed by atoms with Crippen LogP contribution < -0.4 is 16.6 Å². The molecule has 150 valence electrons. The van der Waals surface area contributed by atoms with Gasteiger partial charge in [-0.3, -0.25) is 18.7 Å². The van der Waals surface area contributed by atoms with E-state index in [1.54, 1.807) is 0 Å². The molecule has 3 aromatic rings.